The van der Waals surface area contributed by atoms with Crippen molar-refractivity contribution in [3.05, 3.63) is 96.1 Å². The maximum Gasteiger partial charge on any atom is 0.393 e. The van der Waals surface area contributed by atoms with E-state index in [-0.39, 0.29) is 47.3 Å². The molecule has 22 heteroatoms. The molecule has 0 aliphatic heterocycles. The fourth-order valence-corrected chi connectivity index (χ4v) is 11.1. The molecule has 6 N–H and O–H groups in total. The third-order valence-electron chi connectivity index (χ3n) is 13.6. The van der Waals surface area contributed by atoms with Crippen LogP contribution in [0, 0.1) is 22.7 Å². The van der Waals surface area contributed by atoms with Gasteiger partial charge in [0.05, 0.1) is 34.9 Å². The molecule has 2 aromatic heterocycles. The molecular formula is C56H66F6N8O8. The lowest BCUT2D eigenvalue weighted by atomic mass is 9.70. The lowest BCUT2D eigenvalue weighted by molar-refractivity contribution is -0.138. The number of carbonyl (C=O) groups excluding carboxylic acids is 2. The van der Waals surface area contributed by atoms with Crippen LogP contribution in [0.25, 0.3) is 22.1 Å². The maximum absolute atomic E-state index is 12.8. The lowest BCUT2D eigenvalue weighted by Crippen LogP contribution is -2.33. The van der Waals surface area contributed by atoms with Crippen LogP contribution in [0.5, 0.6) is 11.5 Å². The molecule has 420 valence electrons. The van der Waals surface area contributed by atoms with Gasteiger partial charge >= 0.3 is 24.3 Å². The van der Waals surface area contributed by atoms with E-state index in [1.807, 2.05) is 12.1 Å². The Balaban J connectivity index is 0.000000226. The number of nitrogens with one attached hydrogen (secondary N) is 4. The normalized spacial score (nSPS) is 19.0. The van der Waals surface area contributed by atoms with Crippen LogP contribution in [0.1, 0.15) is 103 Å². The topological polar surface area (TPSA) is 211 Å². The number of carboxylic acid groups (broad SMARTS) is 2. The summed E-state index contributed by atoms with van der Waals surface area (Å²) in [4.78, 5) is 54.6. The number of halogens is 6. The van der Waals surface area contributed by atoms with Gasteiger partial charge in [-0.3, -0.25) is 19.2 Å². The van der Waals surface area contributed by atoms with Gasteiger partial charge in [-0.2, -0.15) is 26.3 Å². The van der Waals surface area contributed by atoms with Crippen LogP contribution >= 0.6 is 0 Å². The van der Waals surface area contributed by atoms with E-state index < -0.39 is 62.0 Å². The summed E-state index contributed by atoms with van der Waals surface area (Å²) in [7, 11) is 0. The van der Waals surface area contributed by atoms with Crippen molar-refractivity contribution < 1.29 is 65.2 Å². The zero-order valence-corrected chi connectivity index (χ0v) is 44.3. The second-order valence-corrected chi connectivity index (χ2v) is 22.2. The number of hydrogen-bond acceptors (Lipinski definition) is 10. The first kappa shape index (κ1) is 58.2. The van der Waals surface area contributed by atoms with Crippen molar-refractivity contribution in [2.24, 2.45) is 22.7 Å². The van der Waals surface area contributed by atoms with E-state index in [0.29, 0.717) is 57.6 Å². The molecule has 2 aliphatic rings. The van der Waals surface area contributed by atoms with Crippen LogP contribution in [0.2, 0.25) is 0 Å². The summed E-state index contributed by atoms with van der Waals surface area (Å²) in [5.41, 5.74) is 4.84. The molecule has 0 unspecified atom stereocenters. The minimum atomic E-state index is -4.27. The molecule has 2 saturated carbocycles. The van der Waals surface area contributed by atoms with Gasteiger partial charge in [-0.25, -0.2) is 9.97 Å². The van der Waals surface area contributed by atoms with E-state index in [4.69, 9.17) is 29.7 Å². The number of aromatic nitrogens is 4. The lowest BCUT2D eigenvalue weighted by Gasteiger charge is -2.40. The van der Waals surface area contributed by atoms with Gasteiger partial charge in [0.2, 0.25) is 11.9 Å². The molecule has 78 heavy (non-hydrogen) atoms. The number of anilines is 4. The average Bonchev–Trinajstić information content (AvgIpc) is 4.02. The van der Waals surface area contributed by atoms with E-state index in [2.05, 4.69) is 71.9 Å². The number of carboxylic acids is 2. The van der Waals surface area contributed by atoms with Crippen LogP contribution in [0.15, 0.2) is 84.9 Å². The van der Waals surface area contributed by atoms with Crippen LogP contribution in [0.3, 0.4) is 0 Å². The highest BCUT2D eigenvalue weighted by molar-refractivity contribution is 5.85. The fraction of sp³-hybridized carbons (Fsp3) is 0.464. The van der Waals surface area contributed by atoms with Gasteiger partial charge in [0.25, 0.3) is 11.8 Å². The quantitative estimate of drug-likeness (QED) is 0.0444. The summed E-state index contributed by atoms with van der Waals surface area (Å²) in [6, 6.07) is 23.2. The van der Waals surface area contributed by atoms with Gasteiger partial charge < -0.3 is 50.1 Å². The van der Waals surface area contributed by atoms with Crippen LogP contribution < -0.4 is 30.7 Å². The molecule has 4 atom stereocenters. The Bertz CT molecular complexity index is 2880. The number of imidazole rings is 2. The standard InChI is InChI=1S/2C28H33F3N4O4/c2*1-17-10-20(14-27(2,3)12-17)35-23-9-8-21(39-16-24(36)32-15-25(37)38)11-22(23)34-26(35)33-19-6-4-18(5-7-19)13-28(29,30)31/h2*4-9,11,17,20H,10,12-16H2,1-3H3,(H,32,36)(H,33,34)(H,37,38)/t2*17-,20+/m10/s1. The second kappa shape index (κ2) is 24.0. The fourth-order valence-electron chi connectivity index (χ4n) is 11.1. The number of carbonyl (C=O) groups is 4. The van der Waals surface area contributed by atoms with Crippen molar-refractivity contribution in [1.82, 2.24) is 29.7 Å². The molecule has 2 fully saturated rings. The predicted octanol–water partition coefficient (Wildman–Crippen LogP) is 11.7. The number of rotatable bonds is 18. The Labute approximate surface area is 447 Å². The van der Waals surface area contributed by atoms with Gasteiger partial charge in [0, 0.05) is 35.6 Å². The van der Waals surface area contributed by atoms with Gasteiger partial charge in [-0.15, -0.1) is 0 Å². The Morgan fingerprint density at radius 3 is 1.26 bits per heavy atom. The molecule has 0 spiro atoms. The van der Waals surface area contributed by atoms with Crippen molar-refractivity contribution in [2.45, 2.75) is 117 Å². The Kier molecular flexibility index (Phi) is 17.9. The number of benzene rings is 4. The van der Waals surface area contributed by atoms with Gasteiger partial charge in [0.15, 0.2) is 13.2 Å². The average molecular weight is 1090 g/mol. The molecule has 2 amide bonds. The van der Waals surface area contributed by atoms with E-state index >= 15 is 0 Å². The maximum atomic E-state index is 12.8. The smallest absolute Gasteiger partial charge is 0.393 e. The first-order valence-electron chi connectivity index (χ1n) is 25.7. The number of amides is 2. The van der Waals surface area contributed by atoms with E-state index in [9.17, 15) is 45.5 Å². The van der Waals surface area contributed by atoms with Gasteiger partial charge in [-0.05, 0) is 121 Å². The van der Waals surface area contributed by atoms with E-state index in [1.165, 1.54) is 24.3 Å². The van der Waals surface area contributed by atoms with Gasteiger partial charge in [0.1, 0.15) is 24.6 Å². The zero-order valence-electron chi connectivity index (χ0n) is 44.3. The molecule has 4 aromatic carbocycles. The van der Waals surface area contributed by atoms with Crippen LogP contribution in [-0.4, -0.2) is 91.7 Å². The molecule has 0 radical (unpaired) electrons. The van der Waals surface area contributed by atoms with Crippen LogP contribution in [-0.2, 0) is 32.0 Å². The van der Waals surface area contributed by atoms with Crippen LogP contribution in [0.4, 0.5) is 49.6 Å². The minimum absolute atomic E-state index is 0.127. The molecule has 0 bridgehead atoms. The first-order valence-corrected chi connectivity index (χ1v) is 25.7. The summed E-state index contributed by atoms with van der Waals surface area (Å²) in [6.07, 6.45) is -4.52. The number of aliphatic carboxylic acids is 2. The van der Waals surface area contributed by atoms with Crippen molar-refractivity contribution in [2.75, 3.05) is 36.9 Å². The molecule has 6 aromatic rings. The van der Waals surface area contributed by atoms with Crippen molar-refractivity contribution in [3.63, 3.8) is 0 Å². The number of alkyl halides is 6. The summed E-state index contributed by atoms with van der Waals surface area (Å²) in [5.74, 6) is -0.474. The van der Waals surface area contributed by atoms with Crippen molar-refractivity contribution in [3.8, 4) is 11.5 Å². The zero-order chi connectivity index (χ0) is 56.7. The molecular weight excluding hydrogens is 1030 g/mol. The highest BCUT2D eigenvalue weighted by Crippen LogP contribution is 2.48. The molecule has 2 heterocycles. The number of fused-ring (bicyclic) bond motifs is 2. The molecule has 2 aliphatic carbocycles. The molecule has 8 rings (SSSR count). The highest BCUT2D eigenvalue weighted by atomic mass is 19.4. The summed E-state index contributed by atoms with van der Waals surface area (Å²) < 4.78 is 92.1. The van der Waals surface area contributed by atoms with Crippen molar-refractivity contribution >= 4 is 69.1 Å². The summed E-state index contributed by atoms with van der Waals surface area (Å²) >= 11 is 0. The Hall–Kier alpha value is -7.52. The van der Waals surface area contributed by atoms with Crippen molar-refractivity contribution in [1.29, 1.82) is 0 Å². The number of ether oxygens (including phenoxy) is 2. The Morgan fingerprint density at radius 1 is 0.577 bits per heavy atom. The summed E-state index contributed by atoms with van der Waals surface area (Å²) in [6.45, 7) is 11.8. The predicted molar refractivity (Wildman–Crippen MR) is 282 cm³/mol. The first-order chi connectivity index (χ1) is 36.6. The third-order valence-corrected chi connectivity index (χ3v) is 13.6. The SMILES string of the molecule is C[C@@H]1C[C@H](n2c(Nc3ccc(CC(F)(F)F)cc3)nc3cc(OCC(=O)NCC(=O)O)ccc32)CC(C)(C)C1.C[C@H]1C[C@@H](n2c(Nc3ccc(CC(F)(F)F)cc3)nc3cc(OCC(=O)NCC(=O)O)ccc32)CC(C)(C)C1. The van der Waals surface area contributed by atoms with Gasteiger partial charge in [-0.1, -0.05) is 65.8 Å². The largest absolute Gasteiger partial charge is 0.484 e. The second-order valence-electron chi connectivity index (χ2n) is 22.2. The van der Waals surface area contributed by atoms with E-state index in [1.54, 1.807) is 48.5 Å². The highest BCUT2D eigenvalue weighted by Gasteiger charge is 2.37. The minimum Gasteiger partial charge on any atom is -0.484 e. The van der Waals surface area contributed by atoms with E-state index in [0.717, 1.165) is 49.6 Å². The molecule has 16 nitrogen and oxygen atoms in total. The third kappa shape index (κ3) is 16.7. The Morgan fingerprint density at radius 2 is 0.936 bits per heavy atom. The number of hydrogen-bond donors (Lipinski definition) is 6. The number of nitrogens with zero attached hydrogens (tertiary/aromatic N) is 4. The summed E-state index contributed by atoms with van der Waals surface area (Å²) in [5, 5.41) is 28.5. The molecule has 0 saturated heterocycles. The monoisotopic (exact) mass is 1090 g/mol.